The third-order valence-corrected chi connectivity index (χ3v) is 2.42. The fourth-order valence-corrected chi connectivity index (χ4v) is 1.29. The monoisotopic (exact) mass is 228 g/mol. The maximum Gasteiger partial charge on any atom is 0.0337 e. The second-order valence-corrected chi connectivity index (χ2v) is 4.03. The van der Waals surface area contributed by atoms with Crippen molar-refractivity contribution >= 4 is 11.4 Å². The third kappa shape index (κ3) is 5.07. The smallest absolute Gasteiger partial charge is 0.0337 e. The van der Waals surface area contributed by atoms with Gasteiger partial charge in [0.2, 0.25) is 0 Å². The number of hydrogen-bond acceptors (Lipinski definition) is 2. The number of aryl methyl sites for hydroxylation is 2. The summed E-state index contributed by atoms with van der Waals surface area (Å²) in [5, 5.41) is 3.05. The van der Waals surface area contributed by atoms with Gasteiger partial charge in [-0.1, -0.05) is 35.4 Å². The molecule has 2 rings (SSSR count). The van der Waals surface area contributed by atoms with Crippen molar-refractivity contribution in [3.05, 3.63) is 59.7 Å². The summed E-state index contributed by atoms with van der Waals surface area (Å²) in [6.45, 7) is 4.12. The van der Waals surface area contributed by atoms with Crippen LogP contribution in [0.3, 0.4) is 0 Å². The van der Waals surface area contributed by atoms with E-state index in [1.54, 1.807) is 0 Å². The Bertz CT molecular complexity index is 408. The van der Waals surface area contributed by atoms with Gasteiger partial charge in [0.15, 0.2) is 0 Å². The normalized spacial score (nSPS) is 9.12. The van der Waals surface area contributed by atoms with E-state index < -0.39 is 0 Å². The third-order valence-electron chi connectivity index (χ3n) is 2.42. The summed E-state index contributed by atoms with van der Waals surface area (Å²) < 4.78 is 0. The van der Waals surface area contributed by atoms with Crippen molar-refractivity contribution in [3.8, 4) is 0 Å². The van der Waals surface area contributed by atoms with Gasteiger partial charge in [-0.25, -0.2) is 0 Å². The summed E-state index contributed by atoms with van der Waals surface area (Å²) in [5.41, 5.74) is 9.97. The van der Waals surface area contributed by atoms with Gasteiger partial charge in [0.05, 0.1) is 0 Å². The van der Waals surface area contributed by atoms with E-state index in [1.165, 1.54) is 16.8 Å². The molecule has 2 heteroatoms. The largest absolute Gasteiger partial charge is 0.399 e. The van der Waals surface area contributed by atoms with Crippen molar-refractivity contribution in [1.82, 2.24) is 0 Å². The fraction of sp³-hybridized carbons (Fsp3) is 0.200. The Labute approximate surface area is 103 Å². The quantitative estimate of drug-likeness (QED) is 0.732. The van der Waals surface area contributed by atoms with Crippen molar-refractivity contribution in [2.45, 2.75) is 13.8 Å². The van der Waals surface area contributed by atoms with E-state index in [0.29, 0.717) is 0 Å². The Kier molecular flexibility index (Phi) is 5.08. The summed E-state index contributed by atoms with van der Waals surface area (Å²) in [7, 11) is 1.92. The molecular formula is C15H20N2. The fourth-order valence-electron chi connectivity index (χ4n) is 1.29. The van der Waals surface area contributed by atoms with E-state index >= 15 is 0 Å². The van der Waals surface area contributed by atoms with Gasteiger partial charge in [0.1, 0.15) is 0 Å². The highest BCUT2D eigenvalue weighted by Crippen LogP contribution is 2.06. The first kappa shape index (κ1) is 13.1. The van der Waals surface area contributed by atoms with Crippen molar-refractivity contribution in [2.75, 3.05) is 18.1 Å². The first-order chi connectivity index (χ1) is 8.11. The second-order valence-electron chi connectivity index (χ2n) is 4.03. The van der Waals surface area contributed by atoms with E-state index in [1.807, 2.05) is 38.2 Å². The molecule has 2 aromatic rings. The van der Waals surface area contributed by atoms with E-state index in [-0.39, 0.29) is 0 Å². The van der Waals surface area contributed by atoms with Crippen LogP contribution in [0.4, 0.5) is 11.4 Å². The molecule has 0 saturated carbocycles. The molecule has 0 fully saturated rings. The molecule has 0 aliphatic heterocycles. The van der Waals surface area contributed by atoms with Gasteiger partial charge in [0, 0.05) is 18.4 Å². The van der Waals surface area contributed by atoms with Crippen LogP contribution in [0.25, 0.3) is 0 Å². The molecule has 2 aromatic carbocycles. The minimum atomic E-state index is 0.829. The van der Waals surface area contributed by atoms with E-state index in [0.717, 1.165) is 5.69 Å². The van der Waals surface area contributed by atoms with E-state index in [9.17, 15) is 0 Å². The lowest BCUT2D eigenvalue weighted by Crippen LogP contribution is -1.85. The first-order valence-electron chi connectivity index (χ1n) is 5.68. The SMILES string of the molecule is CNc1ccc(C)cc1.Cc1ccc(N)cc1. The Morgan fingerprint density at radius 2 is 1.18 bits per heavy atom. The van der Waals surface area contributed by atoms with Crippen LogP contribution in [0.1, 0.15) is 11.1 Å². The van der Waals surface area contributed by atoms with Crippen LogP contribution in [0.5, 0.6) is 0 Å². The molecule has 0 aromatic heterocycles. The molecule has 0 aliphatic carbocycles. The molecule has 3 N–H and O–H groups in total. The second kappa shape index (κ2) is 6.59. The number of nitrogens with one attached hydrogen (secondary N) is 1. The van der Waals surface area contributed by atoms with Crippen molar-refractivity contribution < 1.29 is 0 Å². The van der Waals surface area contributed by atoms with Crippen LogP contribution >= 0.6 is 0 Å². The highest BCUT2D eigenvalue weighted by atomic mass is 14.8. The Morgan fingerprint density at radius 1 is 0.765 bits per heavy atom. The zero-order chi connectivity index (χ0) is 12.7. The molecule has 0 atom stereocenters. The molecule has 90 valence electrons. The predicted molar refractivity (Wildman–Crippen MR) is 76.3 cm³/mol. The molecule has 0 heterocycles. The topological polar surface area (TPSA) is 38.0 Å². The number of nitrogens with two attached hydrogens (primary N) is 1. The number of nitrogen functional groups attached to an aromatic ring is 1. The number of hydrogen-bond donors (Lipinski definition) is 2. The minimum Gasteiger partial charge on any atom is -0.399 e. The van der Waals surface area contributed by atoms with Gasteiger partial charge in [-0.05, 0) is 38.1 Å². The summed E-state index contributed by atoms with van der Waals surface area (Å²) in [4.78, 5) is 0. The van der Waals surface area contributed by atoms with E-state index in [2.05, 4.69) is 36.5 Å². The molecule has 0 bridgehead atoms. The van der Waals surface area contributed by atoms with Gasteiger partial charge in [-0.2, -0.15) is 0 Å². The van der Waals surface area contributed by atoms with Crippen molar-refractivity contribution in [2.24, 2.45) is 0 Å². The summed E-state index contributed by atoms with van der Waals surface area (Å²) in [6.07, 6.45) is 0. The molecule has 0 aliphatic rings. The lowest BCUT2D eigenvalue weighted by Gasteiger charge is -1.97. The van der Waals surface area contributed by atoms with Crippen molar-refractivity contribution in [3.63, 3.8) is 0 Å². The summed E-state index contributed by atoms with van der Waals surface area (Å²) in [5.74, 6) is 0. The molecule has 0 radical (unpaired) electrons. The van der Waals surface area contributed by atoms with Crippen LogP contribution < -0.4 is 11.1 Å². The average molecular weight is 228 g/mol. The first-order valence-corrected chi connectivity index (χ1v) is 5.68. The zero-order valence-corrected chi connectivity index (χ0v) is 10.7. The Morgan fingerprint density at radius 3 is 1.53 bits per heavy atom. The van der Waals surface area contributed by atoms with Gasteiger partial charge in [-0.3, -0.25) is 0 Å². The molecular weight excluding hydrogens is 208 g/mol. The minimum absolute atomic E-state index is 0.829. The highest BCUT2D eigenvalue weighted by Gasteiger charge is 1.83. The number of benzene rings is 2. The zero-order valence-electron chi connectivity index (χ0n) is 10.7. The summed E-state index contributed by atoms with van der Waals surface area (Å²) >= 11 is 0. The standard InChI is InChI=1S/C8H11N.C7H9N/c1-7-3-5-8(9-2)6-4-7;1-6-2-4-7(8)5-3-6/h3-6,9H,1-2H3;2-5H,8H2,1H3. The molecule has 0 unspecified atom stereocenters. The molecule has 2 nitrogen and oxygen atoms in total. The molecule has 17 heavy (non-hydrogen) atoms. The van der Waals surface area contributed by atoms with Gasteiger partial charge < -0.3 is 11.1 Å². The van der Waals surface area contributed by atoms with Crippen LogP contribution in [0.2, 0.25) is 0 Å². The highest BCUT2D eigenvalue weighted by molar-refractivity contribution is 5.43. The lowest BCUT2D eigenvalue weighted by atomic mass is 10.2. The molecule has 0 spiro atoms. The van der Waals surface area contributed by atoms with E-state index in [4.69, 9.17) is 5.73 Å². The Hall–Kier alpha value is -1.96. The molecule has 0 amide bonds. The maximum absolute atomic E-state index is 5.43. The van der Waals surface area contributed by atoms with Crippen molar-refractivity contribution in [1.29, 1.82) is 0 Å². The summed E-state index contributed by atoms with van der Waals surface area (Å²) in [6, 6.07) is 16.1. The number of anilines is 2. The van der Waals surface area contributed by atoms with Crippen LogP contribution in [-0.2, 0) is 0 Å². The molecule has 0 saturated heterocycles. The van der Waals surface area contributed by atoms with Gasteiger partial charge in [0.25, 0.3) is 0 Å². The maximum atomic E-state index is 5.43. The van der Waals surface area contributed by atoms with Crippen LogP contribution in [0, 0.1) is 13.8 Å². The van der Waals surface area contributed by atoms with Crippen LogP contribution in [0.15, 0.2) is 48.5 Å². The van der Waals surface area contributed by atoms with Gasteiger partial charge in [-0.15, -0.1) is 0 Å². The van der Waals surface area contributed by atoms with Crippen LogP contribution in [-0.4, -0.2) is 7.05 Å². The van der Waals surface area contributed by atoms with Gasteiger partial charge >= 0.3 is 0 Å². The predicted octanol–water partition coefficient (Wildman–Crippen LogP) is 3.61. The Balaban J connectivity index is 0.000000171. The number of rotatable bonds is 1. The lowest BCUT2D eigenvalue weighted by molar-refractivity contribution is 1.44. The average Bonchev–Trinajstić information content (AvgIpc) is 2.35.